The minimum absolute atomic E-state index is 1.20. The van der Waals surface area contributed by atoms with Gasteiger partial charge < -0.3 is 0 Å². The lowest BCUT2D eigenvalue weighted by Gasteiger charge is -2.21. The van der Waals surface area contributed by atoms with E-state index in [-0.39, 0.29) is 0 Å². The minimum atomic E-state index is -1.30. The van der Waals surface area contributed by atoms with Gasteiger partial charge >= 0.3 is 0 Å². The van der Waals surface area contributed by atoms with E-state index in [2.05, 4.69) is 63.3 Å². The lowest BCUT2D eigenvalue weighted by Crippen LogP contribution is -2.40. The second-order valence-corrected chi connectivity index (χ2v) is 11.8. The normalized spacial score (nSPS) is 12.7. The monoisotopic (exact) mass is 292 g/mol. The van der Waals surface area contributed by atoms with Crippen molar-refractivity contribution in [1.29, 1.82) is 0 Å². The van der Waals surface area contributed by atoms with Crippen LogP contribution in [0.3, 0.4) is 0 Å². The molecule has 0 unspecified atom stereocenters. The summed E-state index contributed by atoms with van der Waals surface area (Å²) < 4.78 is 0. The first-order valence-corrected chi connectivity index (χ1v) is 11.7. The van der Waals surface area contributed by atoms with E-state index in [0.717, 1.165) is 0 Å². The molecule has 1 aromatic rings. The minimum Gasteiger partial charge on any atom is -0.131 e. The molecular formula is C17H28SSi. The van der Waals surface area contributed by atoms with E-state index >= 15 is 0 Å². The van der Waals surface area contributed by atoms with Gasteiger partial charge in [-0.3, -0.25) is 0 Å². The fourth-order valence-corrected chi connectivity index (χ4v) is 5.24. The Morgan fingerprint density at radius 3 is 2.42 bits per heavy atom. The van der Waals surface area contributed by atoms with Gasteiger partial charge in [0.2, 0.25) is 0 Å². The van der Waals surface area contributed by atoms with E-state index in [4.69, 9.17) is 0 Å². The highest BCUT2D eigenvalue weighted by Crippen LogP contribution is 2.24. The average molecular weight is 293 g/mol. The molecular weight excluding hydrogens is 264 g/mol. The third kappa shape index (κ3) is 6.00. The van der Waals surface area contributed by atoms with Gasteiger partial charge in [0.15, 0.2) is 0 Å². The predicted molar refractivity (Wildman–Crippen MR) is 94.1 cm³/mol. The van der Waals surface area contributed by atoms with Gasteiger partial charge in [0, 0.05) is 0 Å². The first-order chi connectivity index (χ1) is 9.10. The van der Waals surface area contributed by atoms with Crippen molar-refractivity contribution in [3.8, 4) is 0 Å². The lowest BCUT2D eigenvalue weighted by molar-refractivity contribution is 0.808. The van der Waals surface area contributed by atoms with Crippen LogP contribution in [0.5, 0.6) is 0 Å². The number of hydrogen-bond donors (Lipinski definition) is 0. The first kappa shape index (κ1) is 16.6. The highest BCUT2D eigenvalue weighted by molar-refractivity contribution is 8.03. The van der Waals surface area contributed by atoms with Crippen LogP contribution in [0, 0.1) is 0 Å². The van der Waals surface area contributed by atoms with Crippen LogP contribution >= 0.6 is 11.8 Å². The summed E-state index contributed by atoms with van der Waals surface area (Å²) in [5.74, 6) is 1.20. The molecule has 1 rings (SSSR count). The summed E-state index contributed by atoms with van der Waals surface area (Å²) in [6, 6.07) is 12.3. The smallest absolute Gasteiger partial charge is 0.0843 e. The third-order valence-electron chi connectivity index (χ3n) is 3.50. The fraction of sp³-hybridized carbons (Fsp3) is 0.529. The lowest BCUT2D eigenvalue weighted by atomic mass is 10.2. The molecule has 0 nitrogen and oxygen atoms in total. The zero-order chi connectivity index (χ0) is 14.1. The molecule has 0 saturated carbocycles. The maximum atomic E-state index is 2.53. The molecule has 19 heavy (non-hydrogen) atoms. The molecule has 2 heteroatoms. The van der Waals surface area contributed by atoms with Crippen LogP contribution in [0.4, 0.5) is 0 Å². The number of allylic oxidation sites excluding steroid dienone is 2. The Hall–Kier alpha value is -0.473. The summed E-state index contributed by atoms with van der Waals surface area (Å²) in [7, 11) is -1.30. The fourth-order valence-electron chi connectivity index (χ4n) is 2.15. The summed E-state index contributed by atoms with van der Waals surface area (Å²) in [6.45, 7) is 9.49. The molecule has 0 bridgehead atoms. The molecule has 0 amide bonds. The van der Waals surface area contributed by atoms with Crippen LogP contribution < -0.4 is 5.19 Å². The third-order valence-corrected chi connectivity index (χ3v) is 7.65. The molecule has 0 aliphatic carbocycles. The Kier molecular flexibility index (Phi) is 7.55. The highest BCUT2D eigenvalue weighted by Gasteiger charge is 2.21. The molecule has 1 aromatic carbocycles. The van der Waals surface area contributed by atoms with Gasteiger partial charge in [-0.2, -0.15) is 0 Å². The molecule has 0 aromatic heterocycles. The first-order valence-electron chi connectivity index (χ1n) is 7.47. The average Bonchev–Trinajstić information content (AvgIpc) is 2.43. The molecule has 106 valence electrons. The maximum absolute atomic E-state index is 2.53. The van der Waals surface area contributed by atoms with E-state index < -0.39 is 8.07 Å². The zero-order valence-corrected chi connectivity index (χ0v) is 14.7. The quantitative estimate of drug-likeness (QED) is 0.576. The van der Waals surface area contributed by atoms with Crippen LogP contribution in [-0.2, 0) is 0 Å². The van der Waals surface area contributed by atoms with Crippen LogP contribution in [0.1, 0.15) is 33.1 Å². The Morgan fingerprint density at radius 1 is 1.16 bits per heavy atom. The summed E-state index contributed by atoms with van der Waals surface area (Å²) in [5, 5.41) is 1.57. The van der Waals surface area contributed by atoms with Crippen LogP contribution in [0.2, 0.25) is 19.1 Å². The van der Waals surface area contributed by atoms with Crippen molar-refractivity contribution in [2.24, 2.45) is 0 Å². The Balaban J connectivity index is 2.69. The largest absolute Gasteiger partial charge is 0.131 e. The second-order valence-electron chi connectivity index (χ2n) is 5.66. The van der Waals surface area contributed by atoms with Crippen molar-refractivity contribution in [3.63, 3.8) is 0 Å². The van der Waals surface area contributed by atoms with Gasteiger partial charge in [-0.1, -0.05) is 75.0 Å². The summed E-state index contributed by atoms with van der Waals surface area (Å²) in [6.07, 6.45) is 6.42. The number of benzene rings is 1. The van der Waals surface area contributed by atoms with E-state index in [9.17, 15) is 0 Å². The van der Waals surface area contributed by atoms with Gasteiger partial charge in [0.1, 0.15) is 0 Å². The SMILES string of the molecule is CCCC/C(=C/C[Si](C)(C)c1ccccc1)SCC. The van der Waals surface area contributed by atoms with E-state index in [1.165, 1.54) is 31.1 Å². The van der Waals surface area contributed by atoms with Crippen molar-refractivity contribution >= 4 is 25.0 Å². The van der Waals surface area contributed by atoms with E-state index in [1.807, 2.05) is 11.8 Å². The summed E-state index contributed by atoms with van der Waals surface area (Å²) >= 11 is 2.04. The second kappa shape index (κ2) is 8.65. The zero-order valence-electron chi connectivity index (χ0n) is 12.9. The standard InChI is InChI=1S/C17H28SSi/c1-5-7-11-16(18-6-2)14-15-19(3,4)17-12-9-8-10-13-17/h8-10,12-14H,5-7,11,15H2,1-4H3/b16-14-. The summed E-state index contributed by atoms with van der Waals surface area (Å²) in [5.41, 5.74) is 0. The molecule has 0 spiro atoms. The van der Waals surface area contributed by atoms with Crippen molar-refractivity contribution in [3.05, 3.63) is 41.3 Å². The van der Waals surface area contributed by atoms with Crippen molar-refractivity contribution in [2.45, 2.75) is 52.2 Å². The van der Waals surface area contributed by atoms with Crippen molar-refractivity contribution < 1.29 is 0 Å². The molecule has 0 heterocycles. The van der Waals surface area contributed by atoms with Crippen molar-refractivity contribution in [1.82, 2.24) is 0 Å². The Morgan fingerprint density at radius 2 is 1.84 bits per heavy atom. The van der Waals surface area contributed by atoms with Gasteiger partial charge in [0.05, 0.1) is 8.07 Å². The number of thioether (sulfide) groups is 1. The molecule has 0 aliphatic rings. The van der Waals surface area contributed by atoms with Crippen LogP contribution in [0.15, 0.2) is 41.3 Å². The topological polar surface area (TPSA) is 0 Å². The highest BCUT2D eigenvalue weighted by atomic mass is 32.2. The Labute approximate surface area is 124 Å². The molecule has 0 atom stereocenters. The van der Waals surface area contributed by atoms with Gasteiger partial charge in [-0.25, -0.2) is 0 Å². The van der Waals surface area contributed by atoms with Crippen LogP contribution in [-0.4, -0.2) is 13.8 Å². The molecule has 0 fully saturated rings. The van der Waals surface area contributed by atoms with Gasteiger partial charge in [-0.05, 0) is 29.5 Å². The molecule has 0 N–H and O–H groups in total. The Bertz CT molecular complexity index is 382. The van der Waals surface area contributed by atoms with Crippen LogP contribution in [0.25, 0.3) is 0 Å². The predicted octanol–water partition coefficient (Wildman–Crippen LogP) is 5.43. The molecule has 0 saturated heterocycles. The summed E-state index contributed by atoms with van der Waals surface area (Å²) in [4.78, 5) is 1.61. The van der Waals surface area contributed by atoms with Gasteiger partial charge in [0.25, 0.3) is 0 Å². The molecule has 0 radical (unpaired) electrons. The number of unbranched alkanes of at least 4 members (excludes halogenated alkanes) is 1. The van der Waals surface area contributed by atoms with Crippen molar-refractivity contribution in [2.75, 3.05) is 5.75 Å². The number of hydrogen-bond acceptors (Lipinski definition) is 1. The molecule has 0 aliphatic heterocycles. The van der Waals surface area contributed by atoms with E-state index in [0.29, 0.717) is 0 Å². The van der Waals surface area contributed by atoms with Gasteiger partial charge in [-0.15, -0.1) is 11.8 Å². The maximum Gasteiger partial charge on any atom is 0.0843 e. The van der Waals surface area contributed by atoms with E-state index in [1.54, 1.807) is 10.1 Å². The number of rotatable bonds is 8.